The minimum Gasteiger partial charge on any atom is -0.496 e. The summed E-state index contributed by atoms with van der Waals surface area (Å²) in [6, 6.07) is 11.8. The Morgan fingerprint density at radius 1 is 1.21 bits per heavy atom. The van der Waals surface area contributed by atoms with Gasteiger partial charge in [0.1, 0.15) is 5.75 Å². The normalized spacial score (nSPS) is 18.6. The smallest absolute Gasteiger partial charge is 0.256 e. The highest BCUT2D eigenvalue weighted by Crippen LogP contribution is 2.34. The molecule has 0 radical (unpaired) electrons. The van der Waals surface area contributed by atoms with E-state index < -0.39 is 0 Å². The molecule has 0 N–H and O–H groups in total. The van der Waals surface area contributed by atoms with Gasteiger partial charge in [0.25, 0.3) is 5.91 Å². The molecule has 2 aliphatic rings. The van der Waals surface area contributed by atoms with Gasteiger partial charge in [-0.15, -0.1) is 0 Å². The number of aromatic nitrogens is 1. The van der Waals surface area contributed by atoms with Crippen molar-refractivity contribution in [3.05, 3.63) is 75.9 Å². The molecule has 3 aromatic rings. The van der Waals surface area contributed by atoms with Crippen molar-refractivity contribution in [3.8, 4) is 5.75 Å². The van der Waals surface area contributed by atoms with Gasteiger partial charge in [-0.25, -0.2) is 0 Å². The fourth-order valence-corrected chi connectivity index (χ4v) is 6.25. The topological polar surface area (TPSA) is 71.9 Å². The lowest BCUT2D eigenvalue weighted by atomic mass is 9.85. The monoisotopic (exact) mass is 577 g/mol. The molecule has 2 atom stereocenters. The first-order valence-electron chi connectivity index (χ1n) is 12.9. The molecule has 198 valence electrons. The first kappa shape index (κ1) is 26.2. The van der Waals surface area contributed by atoms with E-state index in [1.807, 2.05) is 59.7 Å². The van der Waals surface area contributed by atoms with E-state index in [4.69, 9.17) is 4.74 Å². The summed E-state index contributed by atoms with van der Waals surface area (Å²) in [4.78, 5) is 42.7. The van der Waals surface area contributed by atoms with Gasteiger partial charge in [0.15, 0.2) is 5.78 Å². The Kier molecular flexibility index (Phi) is 7.18. The molecule has 3 heterocycles. The molecule has 2 aliphatic heterocycles. The van der Waals surface area contributed by atoms with Crippen molar-refractivity contribution in [1.29, 1.82) is 0 Å². The predicted octanol–water partition coefficient (Wildman–Crippen LogP) is 4.91. The number of amides is 2. The van der Waals surface area contributed by atoms with Crippen molar-refractivity contribution in [3.63, 3.8) is 0 Å². The summed E-state index contributed by atoms with van der Waals surface area (Å²) < 4.78 is 8.37. The summed E-state index contributed by atoms with van der Waals surface area (Å²) in [5, 5.41) is 0.839. The zero-order valence-corrected chi connectivity index (χ0v) is 23.6. The first-order valence-corrected chi connectivity index (χ1v) is 13.7. The first-order chi connectivity index (χ1) is 18.2. The number of likely N-dealkylation sites (tertiary alicyclic amines) is 1. The van der Waals surface area contributed by atoms with Crippen LogP contribution in [0, 0.1) is 12.8 Å². The Balaban J connectivity index is 1.40. The van der Waals surface area contributed by atoms with Crippen LogP contribution in [-0.2, 0) is 29.1 Å². The van der Waals surface area contributed by atoms with E-state index in [1.165, 1.54) is 6.08 Å². The van der Waals surface area contributed by atoms with Gasteiger partial charge in [-0.3, -0.25) is 14.4 Å². The summed E-state index contributed by atoms with van der Waals surface area (Å²) >= 11 is 3.56. The van der Waals surface area contributed by atoms with Crippen molar-refractivity contribution < 1.29 is 19.1 Å². The average molecular weight is 579 g/mol. The molecule has 0 spiro atoms. The highest BCUT2D eigenvalue weighted by molar-refractivity contribution is 9.10. The minimum absolute atomic E-state index is 0.0145. The van der Waals surface area contributed by atoms with E-state index in [2.05, 4.69) is 22.5 Å². The summed E-state index contributed by atoms with van der Waals surface area (Å²) in [6.07, 6.45) is 2.44. The van der Waals surface area contributed by atoms with Gasteiger partial charge in [-0.1, -0.05) is 34.6 Å². The van der Waals surface area contributed by atoms with Crippen LogP contribution in [0.4, 0.5) is 0 Å². The van der Waals surface area contributed by atoms with E-state index in [0.29, 0.717) is 31.6 Å². The number of halogens is 1. The van der Waals surface area contributed by atoms with Gasteiger partial charge in [-0.05, 0) is 56.2 Å². The maximum absolute atomic E-state index is 13.9. The molecular formula is C30H32BrN3O4. The van der Waals surface area contributed by atoms with Gasteiger partial charge < -0.3 is 19.1 Å². The van der Waals surface area contributed by atoms with Crippen LogP contribution in [0.25, 0.3) is 10.9 Å². The van der Waals surface area contributed by atoms with Crippen LogP contribution in [0.1, 0.15) is 40.5 Å². The molecule has 2 amide bonds. The lowest BCUT2D eigenvalue weighted by Crippen LogP contribution is -2.57. The third-order valence-corrected chi connectivity index (χ3v) is 8.61. The Hall–Kier alpha value is -3.39. The molecule has 1 saturated heterocycles. The minimum atomic E-state index is -0.0963. The summed E-state index contributed by atoms with van der Waals surface area (Å²) in [5.74, 6) is 0.961. The molecule has 1 aromatic heterocycles. The van der Waals surface area contributed by atoms with Crippen molar-refractivity contribution in [2.45, 2.75) is 45.8 Å². The number of methoxy groups -OCH3 is 1. The lowest BCUT2D eigenvalue weighted by molar-refractivity contribution is -0.140. The maximum atomic E-state index is 13.9. The number of benzene rings is 2. The van der Waals surface area contributed by atoms with Crippen LogP contribution < -0.4 is 4.74 Å². The summed E-state index contributed by atoms with van der Waals surface area (Å²) in [6.45, 7) is 9.33. The highest BCUT2D eigenvalue weighted by Gasteiger charge is 2.38. The maximum Gasteiger partial charge on any atom is 0.256 e. The molecule has 7 nitrogen and oxygen atoms in total. The Morgan fingerprint density at radius 2 is 2.00 bits per heavy atom. The third kappa shape index (κ3) is 4.55. The highest BCUT2D eigenvalue weighted by atomic mass is 79.9. The Labute approximate surface area is 231 Å². The number of ketones is 1. The molecule has 8 heteroatoms. The fraction of sp³-hybridized carbons (Fsp3) is 0.367. The number of fused-ring (bicyclic) bond motifs is 2. The number of Topliss-reactive ketones (excluding diaryl/α,β-unsaturated/α-hetero) is 1. The van der Waals surface area contributed by atoms with E-state index >= 15 is 0 Å². The van der Waals surface area contributed by atoms with Gasteiger partial charge in [0, 0.05) is 64.6 Å². The quantitative estimate of drug-likeness (QED) is 0.374. The van der Waals surface area contributed by atoms with Crippen molar-refractivity contribution in [1.82, 2.24) is 14.4 Å². The second-order valence-corrected chi connectivity index (χ2v) is 11.1. The summed E-state index contributed by atoms with van der Waals surface area (Å²) in [5.41, 5.74) is 4.55. The molecule has 2 aromatic carbocycles. The van der Waals surface area contributed by atoms with Crippen molar-refractivity contribution in [2.24, 2.45) is 5.92 Å². The molecule has 1 fully saturated rings. The Morgan fingerprint density at radius 3 is 2.71 bits per heavy atom. The second-order valence-electron chi connectivity index (χ2n) is 10.2. The van der Waals surface area contributed by atoms with Crippen LogP contribution in [0.2, 0.25) is 0 Å². The fourth-order valence-electron chi connectivity index (χ4n) is 5.89. The van der Waals surface area contributed by atoms with Crippen LogP contribution in [-0.4, -0.2) is 58.2 Å². The number of hydrogen-bond donors (Lipinski definition) is 0. The number of nitrogens with zero attached hydrogens (tertiary/aromatic N) is 3. The largest absolute Gasteiger partial charge is 0.496 e. The predicted molar refractivity (Wildman–Crippen MR) is 150 cm³/mol. The Bertz CT molecular complexity index is 1460. The molecule has 38 heavy (non-hydrogen) atoms. The van der Waals surface area contributed by atoms with Gasteiger partial charge in [0.2, 0.25) is 5.91 Å². The van der Waals surface area contributed by atoms with Gasteiger partial charge in [-0.2, -0.15) is 0 Å². The van der Waals surface area contributed by atoms with Gasteiger partial charge >= 0.3 is 0 Å². The average Bonchev–Trinajstić information content (AvgIpc) is 3.18. The molecule has 0 saturated carbocycles. The second kappa shape index (κ2) is 10.4. The molecule has 2 unspecified atom stereocenters. The third-order valence-electron chi connectivity index (χ3n) is 8.12. The van der Waals surface area contributed by atoms with E-state index in [0.717, 1.165) is 44.4 Å². The SMILES string of the molecule is C=CC(=O)N1CC(CC(=O)Cn2c(C)c(C(=O)N3CCc4c(cccc4OC)C3)c3cc(Br)ccc32)C1C. The summed E-state index contributed by atoms with van der Waals surface area (Å²) in [7, 11) is 1.67. The van der Waals surface area contributed by atoms with Crippen molar-refractivity contribution in [2.75, 3.05) is 20.2 Å². The molecular weight excluding hydrogens is 546 g/mol. The molecule has 5 rings (SSSR count). The van der Waals surface area contributed by atoms with Crippen LogP contribution in [0.3, 0.4) is 0 Å². The van der Waals surface area contributed by atoms with Crippen LogP contribution in [0.15, 0.2) is 53.5 Å². The number of ether oxygens (including phenoxy) is 1. The number of rotatable bonds is 7. The lowest BCUT2D eigenvalue weighted by Gasteiger charge is -2.45. The van der Waals surface area contributed by atoms with Gasteiger partial charge in [0.05, 0.1) is 19.2 Å². The standard InChI is InChI=1S/C30H32BrN3O4/c1-5-28(36)34-16-21(18(34)2)13-23(35)17-33-19(3)29(25-14-22(31)9-10-26(25)33)30(37)32-12-11-24-20(15-32)7-6-8-27(24)38-4/h5-10,14,18,21H,1,11-13,15-17H2,2-4H3. The number of carbonyl (C=O) groups excluding carboxylic acids is 3. The molecule has 0 aliphatic carbocycles. The zero-order chi connectivity index (χ0) is 27.1. The van der Waals surface area contributed by atoms with Crippen molar-refractivity contribution >= 4 is 44.4 Å². The van der Waals surface area contributed by atoms with Crippen LogP contribution in [0.5, 0.6) is 5.75 Å². The van der Waals surface area contributed by atoms with E-state index in [9.17, 15) is 14.4 Å². The number of carbonyl (C=O) groups is 3. The van der Waals surface area contributed by atoms with E-state index in [1.54, 1.807) is 12.0 Å². The number of hydrogen-bond acceptors (Lipinski definition) is 4. The van der Waals surface area contributed by atoms with E-state index in [-0.39, 0.29) is 36.1 Å². The van der Waals surface area contributed by atoms with Crippen LogP contribution >= 0.6 is 15.9 Å². The zero-order valence-electron chi connectivity index (χ0n) is 22.0. The molecule has 0 bridgehead atoms.